The standard InChI is InChI=1S/C30H38N6O4/c1-6-16-39-27-23(19-32-28(35-27)34-24-14-11-22(18-31)12-15-24)13-10-21-8-7-9-25(17-21)33-26(37)20-36(5)29(38)40-30(2,3)4/h11-12,14-15,19,21,25H,6-9,16-17,20H2,1-5H3,(H,33,37)(H,32,34,35)/t21-,25-/m0/s1. The molecule has 3 rings (SSSR count). The minimum absolute atomic E-state index is 0.0151. The fraction of sp³-hybridized carbons (Fsp3) is 0.500. The molecule has 1 fully saturated rings. The van der Waals surface area contributed by atoms with Crippen LogP contribution >= 0.6 is 0 Å². The Morgan fingerprint density at radius 2 is 1.95 bits per heavy atom. The van der Waals surface area contributed by atoms with Crippen LogP contribution in [0.2, 0.25) is 0 Å². The highest BCUT2D eigenvalue weighted by Gasteiger charge is 2.25. The normalized spacial score (nSPS) is 16.5. The Morgan fingerprint density at radius 3 is 2.62 bits per heavy atom. The summed E-state index contributed by atoms with van der Waals surface area (Å²) < 4.78 is 11.2. The van der Waals surface area contributed by atoms with Gasteiger partial charge in [-0.15, -0.1) is 0 Å². The van der Waals surface area contributed by atoms with Crippen molar-refractivity contribution >= 4 is 23.6 Å². The van der Waals surface area contributed by atoms with Crippen LogP contribution in [0.1, 0.15) is 70.9 Å². The van der Waals surface area contributed by atoms with E-state index in [2.05, 4.69) is 38.5 Å². The zero-order valence-corrected chi connectivity index (χ0v) is 23.9. The minimum Gasteiger partial charge on any atom is -0.477 e. The lowest BCUT2D eigenvalue weighted by molar-refractivity contribution is -0.123. The molecule has 2 amide bonds. The molecule has 10 heteroatoms. The van der Waals surface area contributed by atoms with Crippen LogP contribution in [-0.2, 0) is 9.53 Å². The summed E-state index contributed by atoms with van der Waals surface area (Å²) in [5.41, 5.74) is 1.31. The molecule has 2 aromatic rings. The molecule has 2 atom stereocenters. The summed E-state index contributed by atoms with van der Waals surface area (Å²) in [6.07, 6.45) is 5.39. The van der Waals surface area contributed by atoms with Gasteiger partial charge in [0.25, 0.3) is 0 Å². The van der Waals surface area contributed by atoms with E-state index in [1.54, 1.807) is 58.3 Å². The number of nitrogens with zero attached hydrogens (tertiary/aromatic N) is 4. The first-order chi connectivity index (χ1) is 19.1. The fourth-order valence-electron chi connectivity index (χ4n) is 4.10. The molecule has 1 aliphatic carbocycles. The van der Waals surface area contributed by atoms with E-state index in [1.807, 2.05) is 6.92 Å². The quantitative estimate of drug-likeness (QED) is 0.453. The molecule has 1 aromatic carbocycles. The third-order valence-electron chi connectivity index (χ3n) is 6.00. The number of likely N-dealkylation sites (N-methyl/N-ethyl adjacent to an activating group) is 1. The van der Waals surface area contributed by atoms with Crippen LogP contribution in [0.25, 0.3) is 0 Å². The van der Waals surface area contributed by atoms with Gasteiger partial charge in [0, 0.05) is 24.7 Å². The number of benzene rings is 1. The van der Waals surface area contributed by atoms with Gasteiger partial charge in [-0.25, -0.2) is 9.78 Å². The van der Waals surface area contributed by atoms with Gasteiger partial charge in [0.15, 0.2) is 0 Å². The van der Waals surface area contributed by atoms with Crippen molar-refractivity contribution < 1.29 is 19.1 Å². The lowest BCUT2D eigenvalue weighted by Gasteiger charge is -2.28. The second kappa shape index (κ2) is 14.2. The van der Waals surface area contributed by atoms with Gasteiger partial charge < -0.3 is 25.0 Å². The summed E-state index contributed by atoms with van der Waals surface area (Å²) in [5, 5.41) is 15.2. The van der Waals surface area contributed by atoms with Gasteiger partial charge in [0.2, 0.25) is 17.7 Å². The maximum Gasteiger partial charge on any atom is 0.410 e. The predicted molar refractivity (Wildman–Crippen MR) is 152 cm³/mol. The molecule has 1 aromatic heterocycles. The molecule has 0 bridgehead atoms. The summed E-state index contributed by atoms with van der Waals surface area (Å²) in [6, 6.07) is 9.09. The number of hydrogen-bond donors (Lipinski definition) is 2. The molecule has 0 spiro atoms. The Morgan fingerprint density at radius 1 is 1.20 bits per heavy atom. The number of anilines is 2. The zero-order valence-electron chi connectivity index (χ0n) is 23.9. The molecule has 10 nitrogen and oxygen atoms in total. The molecule has 0 unspecified atom stereocenters. The SMILES string of the molecule is CCCOc1nc(Nc2ccc(C#N)cc2)ncc1C#C[C@@H]1CCC[C@H](NC(=O)CN(C)C(=O)OC(C)(C)C)C1. The fourth-order valence-corrected chi connectivity index (χ4v) is 4.10. The van der Waals surface area contributed by atoms with Gasteiger partial charge in [0.05, 0.1) is 24.4 Å². The van der Waals surface area contributed by atoms with Crippen molar-refractivity contribution in [3.05, 3.63) is 41.6 Å². The number of carbonyl (C=O) groups is 2. The van der Waals surface area contributed by atoms with Gasteiger partial charge in [-0.1, -0.05) is 25.2 Å². The maximum atomic E-state index is 12.6. The van der Waals surface area contributed by atoms with E-state index in [4.69, 9.17) is 14.7 Å². The van der Waals surface area contributed by atoms with Crippen LogP contribution in [0.4, 0.5) is 16.4 Å². The average Bonchev–Trinajstić information content (AvgIpc) is 2.91. The Balaban J connectivity index is 1.62. The molecule has 212 valence electrons. The van der Waals surface area contributed by atoms with Crippen LogP contribution in [0.3, 0.4) is 0 Å². The molecule has 1 saturated carbocycles. The highest BCUT2D eigenvalue weighted by Crippen LogP contribution is 2.25. The smallest absolute Gasteiger partial charge is 0.410 e. The summed E-state index contributed by atoms with van der Waals surface area (Å²) >= 11 is 0. The maximum absolute atomic E-state index is 12.6. The second-order valence-corrected chi connectivity index (χ2v) is 10.8. The molecular formula is C30H38N6O4. The summed E-state index contributed by atoms with van der Waals surface area (Å²) in [6.45, 7) is 7.81. The van der Waals surface area contributed by atoms with Crippen LogP contribution in [-0.4, -0.2) is 58.7 Å². The first kappa shape index (κ1) is 30.2. The van der Waals surface area contributed by atoms with E-state index in [0.29, 0.717) is 29.6 Å². The van der Waals surface area contributed by atoms with Crippen molar-refractivity contribution in [1.29, 1.82) is 5.26 Å². The number of hydrogen-bond acceptors (Lipinski definition) is 8. The Hall–Kier alpha value is -4.31. The van der Waals surface area contributed by atoms with Crippen molar-refractivity contribution in [3.8, 4) is 23.8 Å². The molecule has 1 heterocycles. The van der Waals surface area contributed by atoms with Crippen LogP contribution in [0.5, 0.6) is 5.88 Å². The lowest BCUT2D eigenvalue weighted by atomic mass is 9.86. The third kappa shape index (κ3) is 9.77. The largest absolute Gasteiger partial charge is 0.477 e. The van der Waals surface area contributed by atoms with Crippen molar-refractivity contribution in [2.45, 2.75) is 71.4 Å². The molecule has 1 aliphatic rings. The molecule has 2 N–H and O–H groups in total. The Labute approximate surface area is 236 Å². The average molecular weight is 547 g/mol. The highest BCUT2D eigenvalue weighted by molar-refractivity contribution is 5.82. The number of aromatic nitrogens is 2. The van der Waals surface area contributed by atoms with Gasteiger partial charge >= 0.3 is 6.09 Å². The monoisotopic (exact) mass is 546 g/mol. The van der Waals surface area contributed by atoms with Crippen LogP contribution < -0.4 is 15.4 Å². The number of amides is 2. The van der Waals surface area contributed by atoms with Gasteiger partial charge in [-0.3, -0.25) is 4.79 Å². The Bertz CT molecular complexity index is 1270. The van der Waals surface area contributed by atoms with Crippen molar-refractivity contribution in [3.63, 3.8) is 0 Å². The topological polar surface area (TPSA) is 129 Å². The summed E-state index contributed by atoms with van der Waals surface area (Å²) in [4.78, 5) is 34.9. The number of nitrogens with one attached hydrogen (secondary N) is 2. The summed E-state index contributed by atoms with van der Waals surface area (Å²) in [7, 11) is 1.55. The number of ether oxygens (including phenoxy) is 2. The molecule has 40 heavy (non-hydrogen) atoms. The van der Waals surface area contributed by atoms with E-state index in [1.165, 1.54) is 4.90 Å². The lowest BCUT2D eigenvalue weighted by Crippen LogP contribution is -2.45. The van der Waals surface area contributed by atoms with Gasteiger partial charge in [0.1, 0.15) is 17.7 Å². The predicted octanol–water partition coefficient (Wildman–Crippen LogP) is 4.77. The molecule has 0 radical (unpaired) electrons. The van der Waals surface area contributed by atoms with E-state index in [-0.39, 0.29) is 24.4 Å². The van der Waals surface area contributed by atoms with Crippen LogP contribution in [0, 0.1) is 29.1 Å². The number of carbonyl (C=O) groups excluding carboxylic acids is 2. The summed E-state index contributed by atoms with van der Waals surface area (Å²) in [5.74, 6) is 7.18. The van der Waals surface area contributed by atoms with Gasteiger partial charge in [-0.2, -0.15) is 10.2 Å². The first-order valence-corrected chi connectivity index (χ1v) is 13.6. The van der Waals surface area contributed by atoms with Crippen molar-refractivity contribution in [2.24, 2.45) is 5.92 Å². The minimum atomic E-state index is -0.620. The van der Waals surface area contributed by atoms with E-state index < -0.39 is 11.7 Å². The van der Waals surface area contributed by atoms with E-state index in [0.717, 1.165) is 37.8 Å². The third-order valence-corrected chi connectivity index (χ3v) is 6.00. The first-order valence-electron chi connectivity index (χ1n) is 13.6. The second-order valence-electron chi connectivity index (χ2n) is 10.8. The zero-order chi connectivity index (χ0) is 29.1. The number of rotatable bonds is 8. The molecule has 0 aliphatic heterocycles. The van der Waals surface area contributed by atoms with E-state index in [9.17, 15) is 9.59 Å². The van der Waals surface area contributed by atoms with Crippen molar-refractivity contribution in [2.75, 3.05) is 25.5 Å². The van der Waals surface area contributed by atoms with Crippen molar-refractivity contribution in [1.82, 2.24) is 20.2 Å². The van der Waals surface area contributed by atoms with Crippen LogP contribution in [0.15, 0.2) is 30.5 Å². The van der Waals surface area contributed by atoms with E-state index >= 15 is 0 Å². The Kier molecular flexibility index (Phi) is 10.7. The molecular weight excluding hydrogens is 508 g/mol. The number of nitriles is 1. The van der Waals surface area contributed by atoms with Gasteiger partial charge in [-0.05, 0) is 70.7 Å². The highest BCUT2D eigenvalue weighted by atomic mass is 16.6. The molecule has 0 saturated heterocycles.